The fourth-order valence-corrected chi connectivity index (χ4v) is 1.92. The van der Waals surface area contributed by atoms with E-state index < -0.39 is 6.10 Å². The van der Waals surface area contributed by atoms with Crippen molar-refractivity contribution < 1.29 is 14.6 Å². The zero-order chi connectivity index (χ0) is 13.9. The van der Waals surface area contributed by atoms with E-state index in [1.54, 1.807) is 21.1 Å². The Morgan fingerprint density at radius 2 is 1.39 bits per heavy atom. The lowest BCUT2D eigenvalue weighted by molar-refractivity contribution is 0.125. The SMILES string of the molecule is COC1=N[C@H](C(C)C(C)O)C(OC)=N[C@H]1C(C)C. The molecular weight excluding hydrogens is 232 g/mol. The van der Waals surface area contributed by atoms with Crippen LogP contribution in [0.15, 0.2) is 9.98 Å². The summed E-state index contributed by atoms with van der Waals surface area (Å²) in [6, 6.07) is -0.387. The first kappa shape index (κ1) is 15.0. The van der Waals surface area contributed by atoms with E-state index in [0.717, 1.165) is 0 Å². The zero-order valence-electron chi connectivity index (χ0n) is 12.0. The summed E-state index contributed by atoms with van der Waals surface area (Å²) in [6.45, 7) is 7.80. The Balaban J connectivity index is 3.06. The van der Waals surface area contributed by atoms with Crippen LogP contribution >= 0.6 is 0 Å². The van der Waals surface area contributed by atoms with Gasteiger partial charge in [-0.1, -0.05) is 20.8 Å². The number of aliphatic imine (C=N–C) groups is 2. The van der Waals surface area contributed by atoms with E-state index in [4.69, 9.17) is 9.47 Å². The van der Waals surface area contributed by atoms with Crippen molar-refractivity contribution in [1.29, 1.82) is 0 Å². The van der Waals surface area contributed by atoms with Gasteiger partial charge in [0.25, 0.3) is 0 Å². The maximum absolute atomic E-state index is 9.70. The van der Waals surface area contributed by atoms with Gasteiger partial charge in [-0.05, 0) is 12.8 Å². The van der Waals surface area contributed by atoms with Crippen LogP contribution in [0, 0.1) is 11.8 Å². The first-order valence-corrected chi connectivity index (χ1v) is 6.33. The van der Waals surface area contributed by atoms with Crippen LogP contribution in [0.5, 0.6) is 0 Å². The molecule has 4 atom stereocenters. The second kappa shape index (κ2) is 6.18. The molecule has 5 nitrogen and oxygen atoms in total. The van der Waals surface area contributed by atoms with Crippen LogP contribution in [-0.4, -0.2) is 49.3 Å². The molecule has 0 saturated carbocycles. The quantitative estimate of drug-likeness (QED) is 0.832. The normalized spacial score (nSPS) is 27.3. The molecular formula is C13H24N2O3. The monoisotopic (exact) mass is 256 g/mol. The molecule has 1 N–H and O–H groups in total. The van der Waals surface area contributed by atoms with Crippen LogP contribution in [0.4, 0.5) is 0 Å². The van der Waals surface area contributed by atoms with Crippen LogP contribution in [0.25, 0.3) is 0 Å². The predicted octanol–water partition coefficient (Wildman–Crippen LogP) is 1.50. The maximum Gasteiger partial charge on any atom is 0.209 e. The first-order chi connectivity index (χ1) is 8.42. The lowest BCUT2D eigenvalue weighted by atomic mass is 9.94. The third-order valence-corrected chi connectivity index (χ3v) is 3.35. The Bertz CT molecular complexity index is 337. The molecule has 0 amide bonds. The lowest BCUT2D eigenvalue weighted by Crippen LogP contribution is -2.42. The highest BCUT2D eigenvalue weighted by Gasteiger charge is 2.35. The summed E-state index contributed by atoms with van der Waals surface area (Å²) in [4.78, 5) is 9.12. The van der Waals surface area contributed by atoms with Crippen LogP contribution in [0.3, 0.4) is 0 Å². The molecule has 1 aliphatic heterocycles. The van der Waals surface area contributed by atoms with Gasteiger partial charge in [0.05, 0.1) is 20.3 Å². The molecule has 0 aromatic carbocycles. The average Bonchev–Trinajstić information content (AvgIpc) is 2.35. The van der Waals surface area contributed by atoms with E-state index in [0.29, 0.717) is 11.8 Å². The van der Waals surface area contributed by atoms with E-state index in [1.165, 1.54) is 0 Å². The van der Waals surface area contributed by atoms with E-state index in [-0.39, 0.29) is 23.9 Å². The molecule has 0 radical (unpaired) electrons. The number of rotatable bonds is 3. The van der Waals surface area contributed by atoms with Crippen LogP contribution in [-0.2, 0) is 9.47 Å². The fraction of sp³-hybridized carbons (Fsp3) is 0.846. The topological polar surface area (TPSA) is 63.4 Å². The molecule has 0 bridgehead atoms. The van der Waals surface area contributed by atoms with Crippen molar-refractivity contribution in [3.63, 3.8) is 0 Å². The summed E-state index contributed by atoms with van der Waals surface area (Å²) < 4.78 is 10.6. The van der Waals surface area contributed by atoms with E-state index in [2.05, 4.69) is 23.8 Å². The van der Waals surface area contributed by atoms with Gasteiger partial charge >= 0.3 is 0 Å². The van der Waals surface area contributed by atoms with E-state index >= 15 is 0 Å². The van der Waals surface area contributed by atoms with Gasteiger partial charge in [-0.25, -0.2) is 9.98 Å². The fourth-order valence-electron chi connectivity index (χ4n) is 1.92. The van der Waals surface area contributed by atoms with Gasteiger partial charge in [0.15, 0.2) is 0 Å². The maximum atomic E-state index is 9.70. The van der Waals surface area contributed by atoms with Gasteiger partial charge in [-0.3, -0.25) is 0 Å². The number of aliphatic hydroxyl groups excluding tert-OH is 1. The van der Waals surface area contributed by atoms with E-state index in [9.17, 15) is 5.11 Å². The van der Waals surface area contributed by atoms with Gasteiger partial charge in [0.2, 0.25) is 11.8 Å². The van der Waals surface area contributed by atoms with Crippen molar-refractivity contribution in [3.05, 3.63) is 0 Å². The average molecular weight is 256 g/mol. The van der Waals surface area contributed by atoms with Gasteiger partial charge in [-0.2, -0.15) is 0 Å². The first-order valence-electron chi connectivity index (χ1n) is 6.33. The molecule has 0 aliphatic carbocycles. The third kappa shape index (κ3) is 3.02. The largest absolute Gasteiger partial charge is 0.483 e. The minimum Gasteiger partial charge on any atom is -0.483 e. The number of hydrogen-bond donors (Lipinski definition) is 1. The number of nitrogens with zero attached hydrogens (tertiary/aromatic N) is 2. The molecule has 0 aromatic rings. The van der Waals surface area contributed by atoms with Gasteiger partial charge < -0.3 is 14.6 Å². The smallest absolute Gasteiger partial charge is 0.209 e. The molecule has 1 aliphatic rings. The van der Waals surface area contributed by atoms with Crippen LogP contribution < -0.4 is 0 Å². The van der Waals surface area contributed by atoms with Gasteiger partial charge in [0.1, 0.15) is 12.1 Å². The Hall–Kier alpha value is -1.10. The minimum absolute atomic E-state index is 0.0676. The van der Waals surface area contributed by atoms with Gasteiger partial charge in [-0.15, -0.1) is 0 Å². The molecule has 104 valence electrons. The number of aliphatic hydroxyl groups is 1. The molecule has 18 heavy (non-hydrogen) atoms. The lowest BCUT2D eigenvalue weighted by Gasteiger charge is -2.30. The van der Waals surface area contributed by atoms with Crippen LogP contribution in [0.1, 0.15) is 27.7 Å². The van der Waals surface area contributed by atoms with Crippen molar-refractivity contribution >= 4 is 11.8 Å². The molecule has 0 fully saturated rings. The van der Waals surface area contributed by atoms with Gasteiger partial charge in [0, 0.05) is 5.92 Å². The molecule has 1 rings (SSSR count). The second-order valence-corrected chi connectivity index (χ2v) is 5.08. The second-order valence-electron chi connectivity index (χ2n) is 5.08. The number of hydrogen-bond acceptors (Lipinski definition) is 5. The highest BCUT2D eigenvalue weighted by atomic mass is 16.5. The van der Waals surface area contributed by atoms with Crippen molar-refractivity contribution in [3.8, 4) is 0 Å². The molecule has 0 spiro atoms. The Morgan fingerprint density at radius 1 is 0.944 bits per heavy atom. The Morgan fingerprint density at radius 3 is 1.78 bits per heavy atom. The van der Waals surface area contributed by atoms with Crippen molar-refractivity contribution in [2.45, 2.75) is 45.9 Å². The minimum atomic E-state index is -0.479. The molecule has 1 heterocycles. The Kier molecular flexibility index (Phi) is 5.14. The van der Waals surface area contributed by atoms with Crippen molar-refractivity contribution in [2.75, 3.05) is 14.2 Å². The number of ether oxygens (including phenoxy) is 2. The molecule has 0 saturated heterocycles. The summed E-state index contributed by atoms with van der Waals surface area (Å²) in [5.74, 6) is 1.41. The van der Waals surface area contributed by atoms with E-state index in [1.807, 2.05) is 6.92 Å². The summed E-state index contributed by atoms with van der Waals surface area (Å²) in [7, 11) is 3.19. The van der Waals surface area contributed by atoms with Crippen molar-refractivity contribution in [1.82, 2.24) is 0 Å². The molecule has 2 unspecified atom stereocenters. The highest BCUT2D eigenvalue weighted by molar-refractivity contribution is 5.94. The van der Waals surface area contributed by atoms with Crippen LogP contribution in [0.2, 0.25) is 0 Å². The van der Waals surface area contributed by atoms with Crippen molar-refractivity contribution in [2.24, 2.45) is 21.8 Å². The Labute approximate surface area is 109 Å². The summed E-state index contributed by atoms with van der Waals surface area (Å²) in [5, 5.41) is 9.70. The molecule has 5 heteroatoms. The summed E-state index contributed by atoms with van der Waals surface area (Å²) >= 11 is 0. The zero-order valence-corrected chi connectivity index (χ0v) is 12.0. The number of methoxy groups -OCH3 is 2. The molecule has 0 aromatic heterocycles. The highest BCUT2D eigenvalue weighted by Crippen LogP contribution is 2.23. The third-order valence-electron chi connectivity index (χ3n) is 3.35. The summed E-state index contributed by atoms with van der Waals surface area (Å²) in [6.07, 6.45) is -0.479. The summed E-state index contributed by atoms with van der Waals surface area (Å²) in [5.41, 5.74) is 0. The predicted molar refractivity (Wildman–Crippen MR) is 72.1 cm³/mol. The standard InChI is InChI=1S/C13H24N2O3/c1-7(2)10-12(17-5)15-11(8(3)9(4)16)13(14-10)18-6/h7-11,16H,1-6H3/t8?,9?,10-,11+/m0/s1.